The van der Waals surface area contributed by atoms with Gasteiger partial charge in [0, 0.05) is 12.8 Å². The average Bonchev–Trinajstić information content (AvgIpc) is 2.46. The van der Waals surface area contributed by atoms with Gasteiger partial charge in [0.25, 0.3) is 0 Å². The van der Waals surface area contributed by atoms with Crippen LogP contribution in [-0.4, -0.2) is 10.9 Å². The van der Waals surface area contributed by atoms with Gasteiger partial charge in [-0.15, -0.1) is 0 Å². The SMILES string of the molecule is C=C1CC(=O)CC(C)(C)P1c1ccccc1-c1ccccc1. The van der Waals surface area contributed by atoms with Gasteiger partial charge in [0.2, 0.25) is 0 Å². The molecule has 1 heterocycles. The van der Waals surface area contributed by atoms with Crippen molar-refractivity contribution in [1.29, 1.82) is 0 Å². The van der Waals surface area contributed by atoms with Crippen LogP contribution in [0.4, 0.5) is 0 Å². The zero-order valence-corrected chi connectivity index (χ0v) is 14.1. The fourth-order valence-corrected chi connectivity index (χ4v) is 6.58. The first kappa shape index (κ1) is 15.2. The van der Waals surface area contributed by atoms with Crippen molar-refractivity contribution in [1.82, 2.24) is 0 Å². The summed E-state index contributed by atoms with van der Waals surface area (Å²) >= 11 is 0. The predicted molar refractivity (Wildman–Crippen MR) is 95.9 cm³/mol. The maximum Gasteiger partial charge on any atom is 0.138 e. The molecule has 0 aliphatic carbocycles. The van der Waals surface area contributed by atoms with Gasteiger partial charge in [-0.1, -0.05) is 75.0 Å². The second-order valence-electron chi connectivity index (χ2n) is 6.49. The summed E-state index contributed by atoms with van der Waals surface area (Å²) < 4.78 is 0. The monoisotopic (exact) mass is 308 g/mol. The molecule has 3 rings (SSSR count). The van der Waals surface area contributed by atoms with Crippen molar-refractivity contribution < 1.29 is 4.79 Å². The number of rotatable bonds is 2. The molecule has 0 N–H and O–H groups in total. The van der Waals surface area contributed by atoms with Crippen LogP contribution in [-0.2, 0) is 4.79 Å². The van der Waals surface area contributed by atoms with Gasteiger partial charge < -0.3 is 0 Å². The van der Waals surface area contributed by atoms with Gasteiger partial charge in [0.15, 0.2) is 0 Å². The molecule has 112 valence electrons. The van der Waals surface area contributed by atoms with Crippen LogP contribution in [0.3, 0.4) is 0 Å². The minimum Gasteiger partial charge on any atom is -0.299 e. The molecule has 1 aliphatic heterocycles. The van der Waals surface area contributed by atoms with E-state index >= 15 is 0 Å². The van der Waals surface area contributed by atoms with E-state index in [1.807, 2.05) is 6.07 Å². The third-order valence-corrected chi connectivity index (χ3v) is 7.21. The molecule has 1 nitrogen and oxygen atoms in total. The Kier molecular flexibility index (Phi) is 4.02. The lowest BCUT2D eigenvalue weighted by atomic mass is 10.0. The fourth-order valence-electron chi connectivity index (χ4n) is 3.39. The summed E-state index contributed by atoms with van der Waals surface area (Å²) in [5.41, 5.74) is 2.51. The van der Waals surface area contributed by atoms with Crippen LogP contribution in [0.2, 0.25) is 0 Å². The van der Waals surface area contributed by atoms with Gasteiger partial charge in [-0.25, -0.2) is 0 Å². The molecule has 0 radical (unpaired) electrons. The van der Waals surface area contributed by atoms with Gasteiger partial charge in [-0.2, -0.15) is 0 Å². The minimum absolute atomic E-state index is 0.0212. The molecule has 1 unspecified atom stereocenters. The Morgan fingerprint density at radius 2 is 1.64 bits per heavy atom. The summed E-state index contributed by atoms with van der Waals surface area (Å²) in [6, 6.07) is 19.1. The molecule has 1 fully saturated rings. The first-order chi connectivity index (χ1) is 10.5. The van der Waals surface area contributed by atoms with Gasteiger partial charge in [-0.3, -0.25) is 4.79 Å². The lowest BCUT2D eigenvalue weighted by Gasteiger charge is -2.40. The first-order valence-electron chi connectivity index (χ1n) is 7.63. The van der Waals surface area contributed by atoms with Crippen molar-refractivity contribution in [3.63, 3.8) is 0 Å². The third kappa shape index (κ3) is 2.78. The average molecular weight is 308 g/mol. The van der Waals surface area contributed by atoms with Crippen molar-refractivity contribution >= 4 is 19.0 Å². The number of benzene rings is 2. The van der Waals surface area contributed by atoms with Crippen molar-refractivity contribution in [2.45, 2.75) is 31.8 Å². The second-order valence-corrected chi connectivity index (χ2v) is 9.49. The van der Waals surface area contributed by atoms with Crippen molar-refractivity contribution in [2.75, 3.05) is 0 Å². The van der Waals surface area contributed by atoms with Crippen LogP contribution in [0.25, 0.3) is 11.1 Å². The third-order valence-electron chi connectivity index (χ3n) is 4.18. The topological polar surface area (TPSA) is 17.1 Å². The molecule has 0 amide bonds. The molecular weight excluding hydrogens is 287 g/mol. The highest BCUT2D eigenvalue weighted by Crippen LogP contribution is 2.61. The number of carbonyl (C=O) groups excluding carboxylic acids is 1. The number of allylic oxidation sites excluding steroid dienone is 1. The molecule has 1 aliphatic rings. The minimum atomic E-state index is -0.558. The van der Waals surface area contributed by atoms with E-state index in [2.05, 4.69) is 69.0 Å². The summed E-state index contributed by atoms with van der Waals surface area (Å²) in [4.78, 5) is 12.0. The van der Waals surface area contributed by atoms with E-state index in [1.165, 1.54) is 16.4 Å². The summed E-state index contributed by atoms with van der Waals surface area (Å²) in [7, 11) is -0.558. The first-order valence-corrected chi connectivity index (χ1v) is 8.97. The highest BCUT2D eigenvalue weighted by molar-refractivity contribution is 7.71. The predicted octanol–water partition coefficient (Wildman–Crippen LogP) is 5.12. The van der Waals surface area contributed by atoms with Crippen molar-refractivity contribution in [3.8, 4) is 11.1 Å². The molecule has 2 aromatic rings. The van der Waals surface area contributed by atoms with Crippen molar-refractivity contribution in [2.24, 2.45) is 0 Å². The highest BCUT2D eigenvalue weighted by Gasteiger charge is 2.39. The molecule has 0 spiro atoms. The standard InChI is InChI=1S/C20H21OP/c1-15-13-17(21)14-20(2,3)22(15)19-12-8-7-11-18(19)16-9-5-4-6-10-16/h4-12H,1,13-14H2,2-3H3. The highest BCUT2D eigenvalue weighted by atomic mass is 31.1. The Morgan fingerprint density at radius 3 is 2.32 bits per heavy atom. The summed E-state index contributed by atoms with van der Waals surface area (Å²) in [6.07, 6.45) is 1.19. The normalized spacial score (nSPS) is 20.9. The Labute approximate surface area is 133 Å². The number of hydrogen-bond donors (Lipinski definition) is 0. The molecule has 0 aromatic heterocycles. The van der Waals surface area contributed by atoms with E-state index in [1.54, 1.807) is 0 Å². The van der Waals surface area contributed by atoms with Gasteiger partial charge >= 0.3 is 0 Å². The van der Waals surface area contributed by atoms with Crippen LogP contribution >= 0.6 is 7.92 Å². The zero-order chi connectivity index (χ0) is 15.7. The Bertz CT molecular complexity index is 715. The largest absolute Gasteiger partial charge is 0.299 e. The molecule has 0 bridgehead atoms. The van der Waals surface area contributed by atoms with E-state index in [4.69, 9.17) is 0 Å². The van der Waals surface area contributed by atoms with Crippen LogP contribution in [0.15, 0.2) is 66.5 Å². The summed E-state index contributed by atoms with van der Waals surface area (Å²) in [5.74, 6) is 0.325. The molecule has 22 heavy (non-hydrogen) atoms. The van der Waals surface area contributed by atoms with E-state index in [-0.39, 0.29) is 5.16 Å². The maximum atomic E-state index is 12.0. The van der Waals surface area contributed by atoms with Crippen LogP contribution in [0.5, 0.6) is 0 Å². The smallest absolute Gasteiger partial charge is 0.138 e. The lowest BCUT2D eigenvalue weighted by molar-refractivity contribution is -0.118. The maximum absolute atomic E-state index is 12.0. The van der Waals surface area contributed by atoms with Crippen LogP contribution < -0.4 is 5.30 Å². The van der Waals surface area contributed by atoms with Crippen molar-refractivity contribution in [3.05, 3.63) is 66.5 Å². The number of ketones is 1. The summed E-state index contributed by atoms with van der Waals surface area (Å²) in [5, 5.41) is 2.44. The summed E-state index contributed by atoms with van der Waals surface area (Å²) in [6.45, 7) is 8.68. The van der Waals surface area contributed by atoms with E-state index in [9.17, 15) is 4.79 Å². The van der Waals surface area contributed by atoms with E-state index in [0.717, 1.165) is 5.31 Å². The molecule has 1 atom stereocenters. The number of hydrogen-bond acceptors (Lipinski definition) is 1. The lowest BCUT2D eigenvalue weighted by Crippen LogP contribution is -2.32. The molecule has 2 aromatic carbocycles. The van der Waals surface area contributed by atoms with E-state index in [0.29, 0.717) is 18.6 Å². The van der Waals surface area contributed by atoms with Gasteiger partial charge in [0.05, 0.1) is 0 Å². The molecule has 0 saturated carbocycles. The quantitative estimate of drug-likeness (QED) is 0.704. The fraction of sp³-hybridized carbons (Fsp3) is 0.250. The number of carbonyl (C=O) groups is 1. The van der Waals surface area contributed by atoms with Crippen LogP contribution in [0, 0.1) is 0 Å². The van der Waals surface area contributed by atoms with E-state index < -0.39 is 7.92 Å². The Morgan fingerprint density at radius 1 is 1.00 bits per heavy atom. The Balaban J connectivity index is 2.13. The molecular formula is C20H21OP. The molecule has 2 heteroatoms. The zero-order valence-electron chi connectivity index (χ0n) is 13.2. The number of Topliss-reactive ketones (excluding diaryl/α,β-unsaturated/α-hetero) is 1. The van der Waals surface area contributed by atoms with Gasteiger partial charge in [0.1, 0.15) is 5.78 Å². The Hall–Kier alpha value is -1.72. The van der Waals surface area contributed by atoms with Gasteiger partial charge in [-0.05, 0) is 34.8 Å². The molecule has 1 saturated heterocycles. The second kappa shape index (κ2) is 5.82. The van der Waals surface area contributed by atoms with Crippen LogP contribution in [0.1, 0.15) is 26.7 Å².